The number of nitrogens with zero attached hydrogens (tertiary/aromatic N) is 2. The zero-order valence-corrected chi connectivity index (χ0v) is 12.8. The Hall–Kier alpha value is -2.32. The molecular formula is C16H16N2O2S. The highest BCUT2D eigenvalue weighted by molar-refractivity contribution is 7.92. The van der Waals surface area contributed by atoms with Gasteiger partial charge in [0.1, 0.15) is 0 Å². The molecule has 0 spiro atoms. The van der Waals surface area contributed by atoms with Crippen molar-refractivity contribution in [2.24, 2.45) is 0 Å². The number of hydrogen-bond acceptors (Lipinski definition) is 3. The van der Waals surface area contributed by atoms with Crippen LogP contribution in [0.25, 0.3) is 0 Å². The summed E-state index contributed by atoms with van der Waals surface area (Å²) in [5, 5.41) is 8.93. The Morgan fingerprint density at radius 3 is 2.48 bits per heavy atom. The Morgan fingerprint density at radius 1 is 1.14 bits per heavy atom. The average Bonchev–Trinajstić information content (AvgIpc) is 2.50. The first-order valence-corrected chi connectivity index (χ1v) is 8.03. The normalized spacial score (nSPS) is 10.9. The van der Waals surface area contributed by atoms with Crippen LogP contribution in [0.5, 0.6) is 0 Å². The van der Waals surface area contributed by atoms with E-state index in [9.17, 15) is 8.42 Å². The molecule has 0 bridgehead atoms. The molecule has 21 heavy (non-hydrogen) atoms. The van der Waals surface area contributed by atoms with Crippen LogP contribution in [0.15, 0.2) is 53.4 Å². The molecule has 5 heteroatoms. The van der Waals surface area contributed by atoms with E-state index < -0.39 is 10.0 Å². The predicted octanol–water partition coefficient (Wildman–Crippen LogP) is 3.08. The molecule has 108 valence electrons. The number of para-hydroxylation sites is 1. The molecule has 0 unspecified atom stereocenters. The molecule has 0 N–H and O–H groups in total. The number of rotatable bonds is 4. The SMILES string of the molecule is CCN(c1ccccc1C)S(=O)(=O)c1cccc(C#N)c1. The number of aryl methyl sites for hydroxylation is 1. The third-order valence-corrected chi connectivity index (χ3v) is 5.11. The molecule has 0 radical (unpaired) electrons. The van der Waals surface area contributed by atoms with E-state index in [1.807, 2.05) is 31.2 Å². The van der Waals surface area contributed by atoms with Gasteiger partial charge in [-0.2, -0.15) is 5.26 Å². The maximum Gasteiger partial charge on any atom is 0.264 e. The second-order valence-corrected chi connectivity index (χ2v) is 6.46. The van der Waals surface area contributed by atoms with Gasteiger partial charge < -0.3 is 0 Å². The Balaban J connectivity index is 2.55. The standard InChI is InChI=1S/C16H16N2O2S/c1-3-18(16-10-5-4-7-13(16)2)21(19,20)15-9-6-8-14(11-15)12-17/h4-11H,3H2,1-2H3. The number of sulfonamides is 1. The van der Waals surface area contributed by atoms with E-state index in [-0.39, 0.29) is 4.90 Å². The minimum atomic E-state index is -3.68. The Bertz CT molecular complexity index is 792. The summed E-state index contributed by atoms with van der Waals surface area (Å²) in [5.41, 5.74) is 1.87. The smallest absolute Gasteiger partial charge is 0.264 e. The van der Waals surface area contributed by atoms with Gasteiger partial charge in [0.05, 0.1) is 22.2 Å². The van der Waals surface area contributed by atoms with Crippen LogP contribution in [0, 0.1) is 18.3 Å². The molecule has 0 amide bonds. The van der Waals surface area contributed by atoms with E-state index in [2.05, 4.69) is 0 Å². The molecule has 0 aliphatic rings. The molecule has 0 aliphatic heterocycles. The van der Waals surface area contributed by atoms with Crippen molar-refractivity contribution in [1.82, 2.24) is 0 Å². The van der Waals surface area contributed by atoms with Crippen LogP contribution in [0.2, 0.25) is 0 Å². The van der Waals surface area contributed by atoms with Crippen LogP contribution in [-0.2, 0) is 10.0 Å². The summed E-state index contributed by atoms with van der Waals surface area (Å²) >= 11 is 0. The molecule has 0 aliphatic carbocycles. The van der Waals surface area contributed by atoms with Gasteiger partial charge in [-0.25, -0.2) is 8.42 Å². The first-order chi connectivity index (χ1) is 10.0. The molecule has 0 saturated carbocycles. The van der Waals surface area contributed by atoms with Crippen LogP contribution in [0.1, 0.15) is 18.1 Å². The molecule has 0 atom stereocenters. The molecule has 0 aromatic heterocycles. The van der Waals surface area contributed by atoms with Gasteiger partial charge in [0.25, 0.3) is 10.0 Å². The van der Waals surface area contributed by atoms with Crippen molar-refractivity contribution in [3.63, 3.8) is 0 Å². The number of benzene rings is 2. The Morgan fingerprint density at radius 2 is 1.86 bits per heavy atom. The molecule has 2 aromatic carbocycles. The Labute approximate surface area is 125 Å². The van der Waals surface area contributed by atoms with E-state index in [4.69, 9.17) is 5.26 Å². The molecule has 0 fully saturated rings. The number of nitriles is 1. The van der Waals surface area contributed by atoms with Crippen molar-refractivity contribution >= 4 is 15.7 Å². The van der Waals surface area contributed by atoms with Crippen LogP contribution in [-0.4, -0.2) is 15.0 Å². The van der Waals surface area contributed by atoms with Crippen LogP contribution in [0.4, 0.5) is 5.69 Å². The lowest BCUT2D eigenvalue weighted by Gasteiger charge is -2.24. The quantitative estimate of drug-likeness (QED) is 0.871. The molecule has 4 nitrogen and oxygen atoms in total. The van der Waals surface area contributed by atoms with E-state index in [0.717, 1.165) is 5.56 Å². The van der Waals surface area contributed by atoms with Gasteiger partial charge in [-0.3, -0.25) is 4.31 Å². The van der Waals surface area contributed by atoms with E-state index in [0.29, 0.717) is 17.8 Å². The highest BCUT2D eigenvalue weighted by Gasteiger charge is 2.24. The Kier molecular flexibility index (Phi) is 4.29. The molecule has 2 rings (SSSR count). The lowest BCUT2D eigenvalue weighted by Crippen LogP contribution is -2.31. The van der Waals surface area contributed by atoms with Crippen molar-refractivity contribution in [3.05, 3.63) is 59.7 Å². The minimum absolute atomic E-state index is 0.131. The summed E-state index contributed by atoms with van der Waals surface area (Å²) in [6.45, 7) is 3.99. The topological polar surface area (TPSA) is 61.2 Å². The zero-order chi connectivity index (χ0) is 15.5. The lowest BCUT2D eigenvalue weighted by molar-refractivity contribution is 0.591. The van der Waals surface area contributed by atoms with Crippen LogP contribution >= 0.6 is 0 Å². The van der Waals surface area contributed by atoms with Gasteiger partial charge in [-0.15, -0.1) is 0 Å². The summed E-state index contributed by atoms with van der Waals surface area (Å²) in [4.78, 5) is 0.131. The van der Waals surface area contributed by atoms with Gasteiger partial charge >= 0.3 is 0 Å². The lowest BCUT2D eigenvalue weighted by atomic mass is 10.2. The average molecular weight is 300 g/mol. The minimum Gasteiger partial charge on any atom is -0.266 e. The molecule has 2 aromatic rings. The zero-order valence-electron chi connectivity index (χ0n) is 11.9. The fourth-order valence-electron chi connectivity index (χ4n) is 2.17. The summed E-state index contributed by atoms with van der Waals surface area (Å²) < 4.78 is 27.0. The van der Waals surface area contributed by atoms with Crippen LogP contribution < -0.4 is 4.31 Å². The third-order valence-electron chi connectivity index (χ3n) is 3.22. The largest absolute Gasteiger partial charge is 0.266 e. The monoisotopic (exact) mass is 300 g/mol. The first kappa shape index (κ1) is 15.1. The van der Waals surface area contributed by atoms with Crippen molar-refractivity contribution in [1.29, 1.82) is 5.26 Å². The highest BCUT2D eigenvalue weighted by atomic mass is 32.2. The van der Waals surface area contributed by atoms with Crippen molar-refractivity contribution in [2.45, 2.75) is 18.7 Å². The molecular weight excluding hydrogens is 284 g/mol. The highest BCUT2D eigenvalue weighted by Crippen LogP contribution is 2.26. The van der Waals surface area contributed by atoms with E-state index >= 15 is 0 Å². The summed E-state index contributed by atoms with van der Waals surface area (Å²) in [6.07, 6.45) is 0. The van der Waals surface area contributed by atoms with Gasteiger partial charge in [-0.05, 0) is 43.7 Å². The third kappa shape index (κ3) is 2.91. The van der Waals surface area contributed by atoms with Crippen LogP contribution in [0.3, 0.4) is 0 Å². The van der Waals surface area contributed by atoms with Gasteiger partial charge in [-0.1, -0.05) is 24.3 Å². The van der Waals surface area contributed by atoms with Crippen molar-refractivity contribution < 1.29 is 8.42 Å². The fourth-order valence-corrected chi connectivity index (χ4v) is 3.75. The van der Waals surface area contributed by atoms with Crippen molar-refractivity contribution in [3.8, 4) is 6.07 Å². The van der Waals surface area contributed by atoms with Gasteiger partial charge in [0, 0.05) is 6.54 Å². The maximum atomic E-state index is 12.8. The number of hydrogen-bond donors (Lipinski definition) is 0. The maximum absolute atomic E-state index is 12.8. The second kappa shape index (κ2) is 5.98. The second-order valence-electron chi connectivity index (χ2n) is 4.60. The fraction of sp³-hybridized carbons (Fsp3) is 0.188. The van der Waals surface area contributed by atoms with Gasteiger partial charge in [0.15, 0.2) is 0 Å². The predicted molar refractivity (Wildman–Crippen MR) is 82.5 cm³/mol. The first-order valence-electron chi connectivity index (χ1n) is 6.59. The summed E-state index contributed by atoms with van der Waals surface area (Å²) in [6, 6.07) is 15.4. The molecule has 0 saturated heterocycles. The van der Waals surface area contributed by atoms with E-state index in [1.165, 1.54) is 16.4 Å². The van der Waals surface area contributed by atoms with Crippen molar-refractivity contribution in [2.75, 3.05) is 10.8 Å². The summed E-state index contributed by atoms with van der Waals surface area (Å²) in [7, 11) is -3.68. The summed E-state index contributed by atoms with van der Waals surface area (Å²) in [5.74, 6) is 0. The molecule has 0 heterocycles. The van der Waals surface area contributed by atoms with E-state index in [1.54, 1.807) is 25.1 Å². The number of anilines is 1. The van der Waals surface area contributed by atoms with Gasteiger partial charge in [0.2, 0.25) is 0 Å².